The smallest absolute Gasteiger partial charge is 0.220 e. The van der Waals surface area contributed by atoms with Crippen molar-refractivity contribution >= 4 is 5.91 Å². The third-order valence-electron chi connectivity index (χ3n) is 15.7. The number of aliphatic hydroxyl groups is 8. The highest BCUT2D eigenvalue weighted by molar-refractivity contribution is 5.76. The Bertz CT molecular complexity index is 1570. The standard InChI is InChI=1S/C66H119NO13/c1-3-5-7-9-11-13-15-17-19-21-22-23-24-25-26-27-28-29-30-31-32-33-34-35-37-39-41-43-45-47-49-55(70)54(67-58(71)50-48-46-44-42-40-38-36-20-18-16-14-12-10-8-6-4-2)53-77-65-63(76)61(74)64(57(52-69)79-65)80-66-62(75)60(73)59(72)56(51-68)78-66/h14,16,20,33-34,36,39,41,47,49,54-57,59-66,68-70,72-76H,3-13,15,17-19,21-32,35,37-38,40,42-46,48,50-53H2,1-2H3,(H,67,71)/b16-14-,34-33+,36-20-,41-39+,49-47+. The topological polar surface area (TPSA) is 228 Å². The molecule has 0 aromatic heterocycles. The first kappa shape index (κ1) is 73.8. The first-order valence-corrected chi connectivity index (χ1v) is 32.5. The Hall–Kier alpha value is -2.31. The van der Waals surface area contributed by atoms with Gasteiger partial charge in [-0.15, -0.1) is 0 Å². The van der Waals surface area contributed by atoms with E-state index in [4.69, 9.17) is 18.9 Å². The van der Waals surface area contributed by atoms with Crippen molar-refractivity contribution in [1.82, 2.24) is 5.32 Å². The quantitative estimate of drug-likeness (QED) is 0.0204. The molecule has 2 fully saturated rings. The van der Waals surface area contributed by atoms with Gasteiger partial charge in [0, 0.05) is 6.42 Å². The molecule has 2 saturated heterocycles. The van der Waals surface area contributed by atoms with E-state index in [9.17, 15) is 45.6 Å². The number of hydrogen-bond acceptors (Lipinski definition) is 13. The van der Waals surface area contributed by atoms with E-state index in [1.165, 1.54) is 154 Å². The fraction of sp³-hybridized carbons (Fsp3) is 0.833. The minimum Gasteiger partial charge on any atom is -0.394 e. The lowest BCUT2D eigenvalue weighted by atomic mass is 9.97. The number of allylic oxidation sites excluding steroid dienone is 9. The van der Waals surface area contributed by atoms with Gasteiger partial charge < -0.3 is 65.1 Å². The molecule has 1 amide bonds. The zero-order valence-electron chi connectivity index (χ0n) is 50.3. The summed E-state index contributed by atoms with van der Waals surface area (Å²) in [7, 11) is 0. The Morgan fingerprint density at radius 1 is 0.450 bits per heavy atom. The molecule has 2 aliphatic rings. The maximum absolute atomic E-state index is 13.2. The largest absolute Gasteiger partial charge is 0.394 e. The van der Waals surface area contributed by atoms with Gasteiger partial charge in [-0.1, -0.05) is 235 Å². The van der Waals surface area contributed by atoms with Gasteiger partial charge in [0.15, 0.2) is 12.6 Å². The molecule has 9 N–H and O–H groups in total. The van der Waals surface area contributed by atoms with E-state index in [2.05, 4.69) is 67.8 Å². The van der Waals surface area contributed by atoms with Crippen LogP contribution < -0.4 is 5.32 Å². The maximum atomic E-state index is 13.2. The number of carbonyl (C=O) groups excluding carboxylic acids is 1. The zero-order valence-corrected chi connectivity index (χ0v) is 50.3. The van der Waals surface area contributed by atoms with Crippen molar-refractivity contribution in [2.45, 2.75) is 331 Å². The predicted octanol–water partition coefficient (Wildman–Crippen LogP) is 12.1. The van der Waals surface area contributed by atoms with E-state index in [0.717, 1.165) is 70.6 Å². The Balaban J connectivity index is 1.73. The molecule has 466 valence electrons. The van der Waals surface area contributed by atoms with Crippen molar-refractivity contribution in [3.63, 3.8) is 0 Å². The number of amides is 1. The number of ether oxygens (including phenoxy) is 4. The summed E-state index contributed by atoms with van der Waals surface area (Å²) >= 11 is 0. The summed E-state index contributed by atoms with van der Waals surface area (Å²) in [5.41, 5.74) is 0. The molecule has 14 nitrogen and oxygen atoms in total. The highest BCUT2D eigenvalue weighted by atomic mass is 16.7. The van der Waals surface area contributed by atoms with Crippen LogP contribution in [0.25, 0.3) is 0 Å². The lowest BCUT2D eigenvalue weighted by Crippen LogP contribution is -2.65. The second-order valence-electron chi connectivity index (χ2n) is 22.9. The van der Waals surface area contributed by atoms with Crippen molar-refractivity contribution in [3.8, 4) is 0 Å². The number of carbonyl (C=O) groups is 1. The minimum absolute atomic E-state index is 0.252. The monoisotopic (exact) mass is 1130 g/mol. The molecule has 0 radical (unpaired) electrons. The fourth-order valence-corrected chi connectivity index (χ4v) is 10.4. The molecule has 2 aliphatic heterocycles. The van der Waals surface area contributed by atoms with E-state index in [0.29, 0.717) is 12.8 Å². The first-order chi connectivity index (χ1) is 39.1. The van der Waals surface area contributed by atoms with Crippen molar-refractivity contribution < 1.29 is 64.6 Å². The fourth-order valence-electron chi connectivity index (χ4n) is 10.4. The van der Waals surface area contributed by atoms with Gasteiger partial charge in [0.25, 0.3) is 0 Å². The van der Waals surface area contributed by atoms with Gasteiger partial charge in [-0.3, -0.25) is 4.79 Å². The average Bonchev–Trinajstić information content (AvgIpc) is 3.46. The molecule has 12 unspecified atom stereocenters. The lowest BCUT2D eigenvalue weighted by Gasteiger charge is -2.46. The summed E-state index contributed by atoms with van der Waals surface area (Å²) in [5, 5.41) is 87.1. The van der Waals surface area contributed by atoms with Crippen molar-refractivity contribution in [1.29, 1.82) is 0 Å². The third kappa shape index (κ3) is 35.7. The van der Waals surface area contributed by atoms with Crippen LogP contribution in [0.15, 0.2) is 60.8 Å². The number of unbranched alkanes of at least 4 members (excludes halogenated alkanes) is 31. The van der Waals surface area contributed by atoms with Crippen LogP contribution in [0.5, 0.6) is 0 Å². The van der Waals surface area contributed by atoms with E-state index in [1.54, 1.807) is 6.08 Å². The Morgan fingerprint density at radius 3 is 1.31 bits per heavy atom. The Labute approximate surface area is 486 Å². The third-order valence-corrected chi connectivity index (χ3v) is 15.7. The van der Waals surface area contributed by atoms with Crippen LogP contribution >= 0.6 is 0 Å². The summed E-state index contributed by atoms with van der Waals surface area (Å²) in [6, 6.07) is -0.948. The van der Waals surface area contributed by atoms with Crippen LogP contribution in [0, 0.1) is 0 Å². The molecule has 12 atom stereocenters. The van der Waals surface area contributed by atoms with Gasteiger partial charge in [-0.05, 0) is 77.0 Å². The second-order valence-corrected chi connectivity index (χ2v) is 22.9. The van der Waals surface area contributed by atoms with Crippen LogP contribution in [0.3, 0.4) is 0 Å². The Kier molecular flexibility index (Phi) is 47.2. The molecule has 0 spiro atoms. The predicted molar refractivity (Wildman–Crippen MR) is 323 cm³/mol. The number of rotatable bonds is 52. The minimum atomic E-state index is -1.80. The molecular weight excluding hydrogens is 1010 g/mol. The zero-order chi connectivity index (χ0) is 58.1. The lowest BCUT2D eigenvalue weighted by molar-refractivity contribution is -0.359. The van der Waals surface area contributed by atoms with E-state index in [1.807, 2.05) is 6.08 Å². The highest BCUT2D eigenvalue weighted by Gasteiger charge is 2.51. The summed E-state index contributed by atoms with van der Waals surface area (Å²) in [6.07, 6.45) is 50.0. The first-order valence-electron chi connectivity index (χ1n) is 32.5. The van der Waals surface area contributed by atoms with Gasteiger partial charge >= 0.3 is 0 Å². The SMILES string of the molecule is CCCCCC/C=C\C/C=C\CCCCCCCC(=O)NC(COC1OC(CO)C(OC2OC(CO)C(O)C(O)C2O)C(O)C1O)C(O)/C=C/CC/C=C/CC/C=C/CCCCCCCCCCCCCCCCCCCCCC. The van der Waals surface area contributed by atoms with Gasteiger partial charge in [-0.2, -0.15) is 0 Å². The Morgan fingerprint density at radius 2 is 0.838 bits per heavy atom. The molecule has 0 bridgehead atoms. The molecule has 0 aromatic rings. The van der Waals surface area contributed by atoms with Crippen molar-refractivity contribution in [2.75, 3.05) is 19.8 Å². The number of nitrogens with one attached hydrogen (secondary N) is 1. The molecule has 14 heteroatoms. The molecule has 0 aliphatic carbocycles. The molecule has 2 heterocycles. The van der Waals surface area contributed by atoms with Gasteiger partial charge in [0.05, 0.1) is 32.0 Å². The van der Waals surface area contributed by atoms with E-state index in [-0.39, 0.29) is 18.9 Å². The second kappa shape index (κ2) is 51.1. The van der Waals surface area contributed by atoms with Gasteiger partial charge in [-0.25, -0.2) is 0 Å². The van der Waals surface area contributed by atoms with Crippen LogP contribution in [0.4, 0.5) is 0 Å². The van der Waals surface area contributed by atoms with E-state index >= 15 is 0 Å². The number of aliphatic hydroxyl groups excluding tert-OH is 8. The molecular formula is C66H119NO13. The average molecular weight is 1130 g/mol. The highest BCUT2D eigenvalue weighted by Crippen LogP contribution is 2.30. The van der Waals surface area contributed by atoms with Crippen LogP contribution in [0.2, 0.25) is 0 Å². The molecule has 0 saturated carbocycles. The maximum Gasteiger partial charge on any atom is 0.220 e. The summed E-state index contributed by atoms with van der Waals surface area (Å²) < 4.78 is 22.8. The van der Waals surface area contributed by atoms with Crippen molar-refractivity contribution in [3.05, 3.63) is 60.8 Å². The number of hydrogen-bond donors (Lipinski definition) is 9. The van der Waals surface area contributed by atoms with Crippen LogP contribution in [0.1, 0.15) is 258 Å². The van der Waals surface area contributed by atoms with Crippen LogP contribution in [-0.2, 0) is 23.7 Å². The summed E-state index contributed by atoms with van der Waals surface area (Å²) in [6.45, 7) is 2.76. The molecule has 80 heavy (non-hydrogen) atoms. The van der Waals surface area contributed by atoms with Crippen LogP contribution in [-0.4, -0.2) is 140 Å². The van der Waals surface area contributed by atoms with Crippen molar-refractivity contribution in [2.24, 2.45) is 0 Å². The summed E-state index contributed by atoms with van der Waals surface area (Å²) in [4.78, 5) is 13.2. The molecule has 2 rings (SSSR count). The normalized spacial score (nSPS) is 24.6. The molecule has 0 aromatic carbocycles. The van der Waals surface area contributed by atoms with E-state index < -0.39 is 86.8 Å². The van der Waals surface area contributed by atoms with Gasteiger partial charge in [0.2, 0.25) is 5.91 Å². The van der Waals surface area contributed by atoms with Gasteiger partial charge in [0.1, 0.15) is 48.8 Å². The summed E-state index contributed by atoms with van der Waals surface area (Å²) in [5.74, 6) is -0.267.